The van der Waals surface area contributed by atoms with E-state index in [-0.39, 0.29) is 18.6 Å². The fourth-order valence-corrected chi connectivity index (χ4v) is 4.77. The monoisotopic (exact) mass is 443 g/mol. The standard InChI is InChI=1S/C25H37N3O4/c1-3-4-5-6-7-8-21-24(25(30)31)22(12-14-27-21)28-16-23(29)18-11-13-26-20-10-9-17(32-2)15-19(18)20/h9-11,13,15,21-24,27-29H,3-8,12,14,16H2,1-2H3,(H,30,31)/t21-,22-,23+,24+/m1/s1. The molecule has 1 aliphatic heterocycles. The van der Waals surface area contributed by atoms with E-state index in [9.17, 15) is 15.0 Å². The number of benzene rings is 1. The van der Waals surface area contributed by atoms with Crippen LogP contribution in [0.25, 0.3) is 10.9 Å². The molecule has 0 amide bonds. The van der Waals surface area contributed by atoms with E-state index in [1.54, 1.807) is 13.3 Å². The predicted molar refractivity (Wildman–Crippen MR) is 126 cm³/mol. The molecule has 0 radical (unpaired) electrons. The number of piperidine rings is 1. The number of rotatable bonds is 12. The summed E-state index contributed by atoms with van der Waals surface area (Å²) in [6.07, 6.45) is 8.34. The Morgan fingerprint density at radius 1 is 1.28 bits per heavy atom. The molecule has 7 heteroatoms. The van der Waals surface area contributed by atoms with Gasteiger partial charge in [-0.1, -0.05) is 39.0 Å². The number of pyridine rings is 1. The molecular weight excluding hydrogens is 406 g/mol. The minimum absolute atomic E-state index is 0.0384. The van der Waals surface area contributed by atoms with Gasteiger partial charge in [0.05, 0.1) is 24.6 Å². The summed E-state index contributed by atoms with van der Waals surface area (Å²) in [5.74, 6) is -0.573. The molecular formula is C25H37N3O4. The first kappa shape index (κ1) is 24.4. The number of aliphatic hydroxyl groups excluding tert-OH is 1. The van der Waals surface area contributed by atoms with Crippen molar-refractivity contribution in [2.75, 3.05) is 20.2 Å². The van der Waals surface area contributed by atoms with Crippen LogP contribution >= 0.6 is 0 Å². The number of nitrogens with one attached hydrogen (secondary N) is 2. The highest BCUT2D eigenvalue weighted by Crippen LogP contribution is 2.27. The fourth-order valence-electron chi connectivity index (χ4n) is 4.77. The minimum atomic E-state index is -0.776. The van der Waals surface area contributed by atoms with Crippen molar-refractivity contribution in [1.82, 2.24) is 15.6 Å². The third-order valence-corrected chi connectivity index (χ3v) is 6.55. The summed E-state index contributed by atoms with van der Waals surface area (Å²) in [4.78, 5) is 16.5. The van der Waals surface area contributed by atoms with E-state index in [1.165, 1.54) is 19.3 Å². The number of aliphatic carboxylic acids is 1. The minimum Gasteiger partial charge on any atom is -0.497 e. The molecule has 32 heavy (non-hydrogen) atoms. The number of fused-ring (bicyclic) bond motifs is 1. The molecule has 4 atom stereocenters. The zero-order valence-corrected chi connectivity index (χ0v) is 19.2. The van der Waals surface area contributed by atoms with Crippen molar-refractivity contribution in [1.29, 1.82) is 0 Å². The highest BCUT2D eigenvalue weighted by atomic mass is 16.5. The maximum absolute atomic E-state index is 12.1. The van der Waals surface area contributed by atoms with Crippen LogP contribution in [0.4, 0.5) is 0 Å². The summed E-state index contributed by atoms with van der Waals surface area (Å²) in [5.41, 5.74) is 1.55. The summed E-state index contributed by atoms with van der Waals surface area (Å²) >= 11 is 0. The number of aromatic nitrogens is 1. The lowest BCUT2D eigenvalue weighted by molar-refractivity contribution is -0.145. The third kappa shape index (κ3) is 6.18. The normalized spacial score (nSPS) is 22.0. The second-order valence-corrected chi connectivity index (χ2v) is 8.73. The van der Waals surface area contributed by atoms with E-state index >= 15 is 0 Å². The Balaban J connectivity index is 1.64. The summed E-state index contributed by atoms with van der Waals surface area (Å²) in [5, 5.41) is 28.5. The van der Waals surface area contributed by atoms with Gasteiger partial charge >= 0.3 is 5.97 Å². The maximum Gasteiger partial charge on any atom is 0.309 e. The number of carboxylic acid groups (broad SMARTS) is 1. The first-order valence-corrected chi connectivity index (χ1v) is 11.9. The van der Waals surface area contributed by atoms with E-state index < -0.39 is 18.0 Å². The third-order valence-electron chi connectivity index (χ3n) is 6.55. The molecule has 0 saturated carbocycles. The number of aliphatic hydroxyl groups is 1. The van der Waals surface area contributed by atoms with Gasteiger partial charge in [0, 0.05) is 30.2 Å². The van der Waals surface area contributed by atoms with Crippen LogP contribution in [-0.2, 0) is 4.79 Å². The van der Waals surface area contributed by atoms with Crippen LogP contribution in [0.5, 0.6) is 5.75 Å². The number of carbonyl (C=O) groups is 1. The van der Waals surface area contributed by atoms with Crippen molar-refractivity contribution in [2.24, 2.45) is 5.92 Å². The molecule has 1 aromatic carbocycles. The molecule has 4 N–H and O–H groups in total. The number of nitrogens with zero attached hydrogens (tertiary/aromatic N) is 1. The number of hydrogen-bond donors (Lipinski definition) is 4. The highest BCUT2D eigenvalue weighted by Gasteiger charge is 2.38. The lowest BCUT2D eigenvalue weighted by Gasteiger charge is -2.37. The summed E-state index contributed by atoms with van der Waals surface area (Å²) in [7, 11) is 1.61. The summed E-state index contributed by atoms with van der Waals surface area (Å²) in [6.45, 7) is 3.26. The van der Waals surface area contributed by atoms with Crippen molar-refractivity contribution in [2.45, 2.75) is 70.1 Å². The predicted octanol–water partition coefficient (Wildman–Crippen LogP) is 3.66. The summed E-state index contributed by atoms with van der Waals surface area (Å²) < 4.78 is 5.32. The van der Waals surface area contributed by atoms with Crippen LogP contribution in [0.2, 0.25) is 0 Å². The zero-order chi connectivity index (χ0) is 22.9. The number of ether oxygens (including phenoxy) is 1. The molecule has 0 unspecified atom stereocenters. The fraction of sp³-hybridized carbons (Fsp3) is 0.600. The van der Waals surface area contributed by atoms with Gasteiger partial charge in [-0.2, -0.15) is 0 Å². The molecule has 1 aromatic heterocycles. The van der Waals surface area contributed by atoms with Gasteiger partial charge < -0.3 is 25.6 Å². The van der Waals surface area contributed by atoms with E-state index in [0.29, 0.717) is 5.75 Å². The maximum atomic E-state index is 12.1. The molecule has 7 nitrogen and oxygen atoms in total. The largest absolute Gasteiger partial charge is 0.497 e. The number of hydrogen-bond acceptors (Lipinski definition) is 6. The average molecular weight is 444 g/mol. The van der Waals surface area contributed by atoms with Crippen molar-refractivity contribution in [3.63, 3.8) is 0 Å². The number of carboxylic acids is 1. The lowest BCUT2D eigenvalue weighted by atomic mass is 9.83. The van der Waals surface area contributed by atoms with Gasteiger partial charge in [-0.25, -0.2) is 0 Å². The van der Waals surface area contributed by atoms with E-state index in [1.807, 2.05) is 24.3 Å². The molecule has 2 heterocycles. The van der Waals surface area contributed by atoms with Crippen LogP contribution < -0.4 is 15.4 Å². The van der Waals surface area contributed by atoms with Crippen LogP contribution in [0.1, 0.15) is 63.5 Å². The van der Waals surface area contributed by atoms with E-state index in [0.717, 1.165) is 48.7 Å². The van der Waals surface area contributed by atoms with Gasteiger partial charge in [-0.3, -0.25) is 9.78 Å². The Hall–Kier alpha value is -2.22. The Morgan fingerprint density at radius 3 is 2.84 bits per heavy atom. The number of methoxy groups -OCH3 is 1. The lowest BCUT2D eigenvalue weighted by Crippen LogP contribution is -2.57. The molecule has 0 spiro atoms. The van der Waals surface area contributed by atoms with Gasteiger partial charge in [-0.15, -0.1) is 0 Å². The van der Waals surface area contributed by atoms with E-state index in [2.05, 4.69) is 22.5 Å². The van der Waals surface area contributed by atoms with Gasteiger partial charge in [0.25, 0.3) is 0 Å². The Kier molecular flexibility index (Phi) is 9.26. The molecule has 0 aliphatic carbocycles. The molecule has 1 saturated heterocycles. The highest BCUT2D eigenvalue weighted by molar-refractivity contribution is 5.83. The second-order valence-electron chi connectivity index (χ2n) is 8.73. The van der Waals surface area contributed by atoms with Crippen molar-refractivity contribution in [3.05, 3.63) is 36.0 Å². The van der Waals surface area contributed by atoms with Crippen molar-refractivity contribution in [3.8, 4) is 5.75 Å². The van der Waals surface area contributed by atoms with E-state index in [4.69, 9.17) is 4.74 Å². The first-order valence-electron chi connectivity index (χ1n) is 11.9. The van der Waals surface area contributed by atoms with Crippen LogP contribution in [0.15, 0.2) is 30.5 Å². The summed E-state index contributed by atoms with van der Waals surface area (Å²) in [6, 6.07) is 7.19. The van der Waals surface area contributed by atoms with Crippen LogP contribution in [-0.4, -0.2) is 53.4 Å². The second kappa shape index (κ2) is 12.1. The quantitative estimate of drug-likeness (QED) is 0.371. The molecule has 1 aliphatic rings. The Morgan fingerprint density at radius 2 is 2.09 bits per heavy atom. The Labute approximate surface area is 190 Å². The number of unbranched alkanes of at least 4 members (excludes halogenated alkanes) is 4. The van der Waals surface area contributed by atoms with Gasteiger partial charge in [0.15, 0.2) is 0 Å². The first-order chi connectivity index (χ1) is 15.5. The topological polar surface area (TPSA) is 104 Å². The molecule has 0 bridgehead atoms. The van der Waals surface area contributed by atoms with Crippen LogP contribution in [0.3, 0.4) is 0 Å². The van der Waals surface area contributed by atoms with Gasteiger partial charge in [0.2, 0.25) is 0 Å². The zero-order valence-electron chi connectivity index (χ0n) is 19.2. The van der Waals surface area contributed by atoms with Crippen molar-refractivity contribution < 1.29 is 19.7 Å². The molecule has 2 aromatic rings. The molecule has 1 fully saturated rings. The SMILES string of the molecule is CCCCCCC[C@H]1NCC[C@@H](NC[C@H](O)c2ccnc3ccc(OC)cc23)[C@H]1C(=O)O. The smallest absolute Gasteiger partial charge is 0.309 e. The van der Waals surface area contributed by atoms with Gasteiger partial charge in [0.1, 0.15) is 5.75 Å². The molecule has 176 valence electrons. The van der Waals surface area contributed by atoms with Gasteiger partial charge in [-0.05, 0) is 49.2 Å². The average Bonchev–Trinajstić information content (AvgIpc) is 2.81. The Bertz CT molecular complexity index is 875. The van der Waals surface area contributed by atoms with Crippen molar-refractivity contribution >= 4 is 16.9 Å². The molecule has 3 rings (SSSR count). The van der Waals surface area contributed by atoms with Crippen LogP contribution in [0, 0.1) is 5.92 Å².